The Bertz CT molecular complexity index is 360. The molecule has 0 saturated heterocycles. The van der Waals surface area contributed by atoms with Gasteiger partial charge in [0.25, 0.3) is 0 Å². The van der Waals surface area contributed by atoms with E-state index in [1.165, 1.54) is 11.3 Å². The van der Waals surface area contributed by atoms with Crippen LogP contribution in [0.25, 0.3) is 0 Å². The summed E-state index contributed by atoms with van der Waals surface area (Å²) in [6.07, 6.45) is 2.26. The van der Waals surface area contributed by atoms with Crippen LogP contribution in [0.4, 0.5) is 0 Å². The van der Waals surface area contributed by atoms with Crippen molar-refractivity contribution in [3.8, 4) is 0 Å². The van der Waals surface area contributed by atoms with Gasteiger partial charge in [-0.25, -0.2) is 0 Å². The Morgan fingerprint density at radius 3 is 2.61 bits per heavy atom. The first-order valence-corrected chi connectivity index (χ1v) is 6.88. The molecule has 4 nitrogen and oxygen atoms in total. The van der Waals surface area contributed by atoms with Crippen molar-refractivity contribution in [1.29, 1.82) is 0 Å². The number of unbranched alkanes of at least 4 members (excludes halogenated alkanes) is 1. The van der Waals surface area contributed by atoms with Crippen molar-refractivity contribution >= 4 is 0 Å². The van der Waals surface area contributed by atoms with Crippen LogP contribution in [0.1, 0.15) is 49.7 Å². The van der Waals surface area contributed by atoms with E-state index in [0.717, 1.165) is 38.2 Å². The molecule has 1 N–H and O–H groups in total. The lowest BCUT2D eigenvalue weighted by Crippen LogP contribution is -2.21. The SMILES string of the molecule is CCn1nc(C)c(C(C)NCCCCOC)c1C. The number of methoxy groups -OCH3 is 1. The van der Waals surface area contributed by atoms with Crippen LogP contribution in [-0.2, 0) is 11.3 Å². The first kappa shape index (κ1) is 15.2. The minimum atomic E-state index is 0.368. The molecule has 1 aromatic rings. The van der Waals surface area contributed by atoms with Gasteiger partial charge in [0.2, 0.25) is 0 Å². The van der Waals surface area contributed by atoms with E-state index >= 15 is 0 Å². The fourth-order valence-corrected chi connectivity index (χ4v) is 2.44. The number of aromatic nitrogens is 2. The van der Waals surface area contributed by atoms with Crippen molar-refractivity contribution in [3.05, 3.63) is 17.0 Å². The lowest BCUT2D eigenvalue weighted by atomic mass is 10.1. The van der Waals surface area contributed by atoms with Gasteiger partial charge in [-0.2, -0.15) is 5.10 Å². The van der Waals surface area contributed by atoms with E-state index in [1.807, 2.05) is 0 Å². The summed E-state index contributed by atoms with van der Waals surface area (Å²) in [6, 6.07) is 0.368. The van der Waals surface area contributed by atoms with Gasteiger partial charge in [-0.15, -0.1) is 0 Å². The van der Waals surface area contributed by atoms with Crippen LogP contribution < -0.4 is 5.32 Å². The first-order valence-electron chi connectivity index (χ1n) is 6.88. The molecule has 104 valence electrons. The predicted molar refractivity (Wildman–Crippen MR) is 74.9 cm³/mol. The van der Waals surface area contributed by atoms with Crippen molar-refractivity contribution in [1.82, 2.24) is 15.1 Å². The standard InChI is InChI=1S/C14H27N3O/c1-6-17-13(4)14(12(3)16-17)11(2)15-9-7-8-10-18-5/h11,15H,6-10H2,1-5H3. The van der Waals surface area contributed by atoms with Crippen molar-refractivity contribution in [3.63, 3.8) is 0 Å². The summed E-state index contributed by atoms with van der Waals surface area (Å²) in [6.45, 7) is 11.4. The molecule has 0 amide bonds. The minimum Gasteiger partial charge on any atom is -0.385 e. The molecule has 0 radical (unpaired) electrons. The highest BCUT2D eigenvalue weighted by Gasteiger charge is 2.16. The van der Waals surface area contributed by atoms with Gasteiger partial charge in [0, 0.05) is 37.6 Å². The normalized spacial score (nSPS) is 12.9. The second-order valence-electron chi connectivity index (χ2n) is 4.78. The molecule has 1 atom stereocenters. The molecule has 0 aliphatic carbocycles. The number of aryl methyl sites for hydroxylation is 2. The lowest BCUT2D eigenvalue weighted by Gasteiger charge is -2.14. The summed E-state index contributed by atoms with van der Waals surface area (Å²) in [5.41, 5.74) is 3.78. The number of hydrogen-bond donors (Lipinski definition) is 1. The Kier molecular flexibility index (Phi) is 6.36. The Labute approximate surface area is 111 Å². The molecular weight excluding hydrogens is 226 g/mol. The van der Waals surface area contributed by atoms with Gasteiger partial charge in [-0.1, -0.05) is 0 Å². The second-order valence-corrected chi connectivity index (χ2v) is 4.78. The maximum atomic E-state index is 5.05. The van der Waals surface area contributed by atoms with E-state index in [-0.39, 0.29) is 0 Å². The molecule has 0 bridgehead atoms. The highest BCUT2D eigenvalue weighted by atomic mass is 16.5. The van der Waals surface area contributed by atoms with Gasteiger partial charge in [-0.3, -0.25) is 4.68 Å². The van der Waals surface area contributed by atoms with E-state index in [4.69, 9.17) is 4.74 Å². The Balaban J connectivity index is 2.51. The molecule has 0 saturated carbocycles. The van der Waals surface area contributed by atoms with Gasteiger partial charge in [0.05, 0.1) is 5.69 Å². The molecule has 0 fully saturated rings. The van der Waals surface area contributed by atoms with Crippen molar-refractivity contribution in [2.45, 2.75) is 53.1 Å². The van der Waals surface area contributed by atoms with Crippen molar-refractivity contribution in [2.75, 3.05) is 20.3 Å². The van der Waals surface area contributed by atoms with Gasteiger partial charge in [0.15, 0.2) is 0 Å². The molecule has 18 heavy (non-hydrogen) atoms. The average molecular weight is 253 g/mol. The average Bonchev–Trinajstić information content (AvgIpc) is 2.63. The van der Waals surface area contributed by atoms with Crippen LogP contribution >= 0.6 is 0 Å². The molecule has 4 heteroatoms. The number of nitrogens with zero attached hydrogens (tertiary/aromatic N) is 2. The zero-order valence-corrected chi connectivity index (χ0v) is 12.4. The fraction of sp³-hybridized carbons (Fsp3) is 0.786. The number of ether oxygens (including phenoxy) is 1. The molecule has 0 aliphatic heterocycles. The fourth-order valence-electron chi connectivity index (χ4n) is 2.44. The summed E-state index contributed by atoms with van der Waals surface area (Å²) in [7, 11) is 1.75. The number of rotatable bonds is 8. The van der Waals surface area contributed by atoms with Crippen LogP contribution in [0.5, 0.6) is 0 Å². The highest BCUT2D eigenvalue weighted by molar-refractivity contribution is 5.27. The first-order chi connectivity index (χ1) is 8.61. The largest absolute Gasteiger partial charge is 0.385 e. The summed E-state index contributed by atoms with van der Waals surface area (Å²) in [5.74, 6) is 0. The van der Waals surface area contributed by atoms with Gasteiger partial charge >= 0.3 is 0 Å². The summed E-state index contributed by atoms with van der Waals surface area (Å²) in [4.78, 5) is 0. The molecule has 1 rings (SSSR count). The zero-order chi connectivity index (χ0) is 13.5. The van der Waals surface area contributed by atoms with E-state index in [1.54, 1.807) is 7.11 Å². The Morgan fingerprint density at radius 2 is 2.06 bits per heavy atom. The van der Waals surface area contributed by atoms with E-state index in [0.29, 0.717) is 6.04 Å². The van der Waals surface area contributed by atoms with Crippen molar-refractivity contribution in [2.24, 2.45) is 0 Å². The molecule has 1 heterocycles. The van der Waals surface area contributed by atoms with E-state index in [2.05, 4.69) is 42.8 Å². The Morgan fingerprint density at radius 1 is 1.33 bits per heavy atom. The van der Waals surface area contributed by atoms with Crippen molar-refractivity contribution < 1.29 is 4.74 Å². The topological polar surface area (TPSA) is 39.1 Å². The Hall–Kier alpha value is -0.870. The van der Waals surface area contributed by atoms with Crippen LogP contribution in [-0.4, -0.2) is 30.0 Å². The third kappa shape index (κ3) is 3.82. The molecule has 0 spiro atoms. The smallest absolute Gasteiger partial charge is 0.0644 e. The number of nitrogens with one attached hydrogen (secondary N) is 1. The molecule has 1 unspecified atom stereocenters. The highest BCUT2D eigenvalue weighted by Crippen LogP contribution is 2.21. The van der Waals surface area contributed by atoms with Crippen LogP contribution in [0, 0.1) is 13.8 Å². The summed E-state index contributed by atoms with van der Waals surface area (Å²) < 4.78 is 7.13. The maximum absolute atomic E-state index is 5.05. The molecular formula is C14H27N3O. The van der Waals surface area contributed by atoms with E-state index in [9.17, 15) is 0 Å². The monoisotopic (exact) mass is 253 g/mol. The zero-order valence-electron chi connectivity index (χ0n) is 12.4. The second kappa shape index (κ2) is 7.54. The number of hydrogen-bond acceptors (Lipinski definition) is 3. The molecule has 0 aromatic carbocycles. The van der Waals surface area contributed by atoms with Crippen LogP contribution in [0.15, 0.2) is 0 Å². The summed E-state index contributed by atoms with van der Waals surface area (Å²) in [5, 5.41) is 8.13. The molecule has 1 aromatic heterocycles. The van der Waals surface area contributed by atoms with Crippen LogP contribution in [0.2, 0.25) is 0 Å². The minimum absolute atomic E-state index is 0.368. The lowest BCUT2D eigenvalue weighted by molar-refractivity contribution is 0.192. The van der Waals surface area contributed by atoms with Gasteiger partial charge in [0.1, 0.15) is 0 Å². The maximum Gasteiger partial charge on any atom is 0.0644 e. The third-order valence-corrected chi connectivity index (χ3v) is 3.40. The van der Waals surface area contributed by atoms with E-state index < -0.39 is 0 Å². The van der Waals surface area contributed by atoms with Gasteiger partial charge < -0.3 is 10.1 Å². The third-order valence-electron chi connectivity index (χ3n) is 3.40. The summed E-state index contributed by atoms with van der Waals surface area (Å²) >= 11 is 0. The van der Waals surface area contributed by atoms with Crippen LogP contribution in [0.3, 0.4) is 0 Å². The predicted octanol–water partition coefficient (Wildman–Crippen LogP) is 2.60. The quantitative estimate of drug-likeness (QED) is 0.724. The van der Waals surface area contributed by atoms with Gasteiger partial charge in [-0.05, 0) is 47.1 Å². The molecule has 0 aliphatic rings.